The summed E-state index contributed by atoms with van der Waals surface area (Å²) in [6.07, 6.45) is 5.96. The second kappa shape index (κ2) is 6.00. The highest BCUT2D eigenvalue weighted by molar-refractivity contribution is 5.98. The van der Waals surface area contributed by atoms with E-state index in [-0.39, 0.29) is 17.5 Å². The quantitative estimate of drug-likeness (QED) is 0.833. The van der Waals surface area contributed by atoms with Gasteiger partial charge in [-0.3, -0.25) is 14.6 Å². The first-order valence-electron chi connectivity index (χ1n) is 6.71. The number of primary amides is 1. The van der Waals surface area contributed by atoms with Crippen LogP contribution in [0, 0.1) is 0 Å². The van der Waals surface area contributed by atoms with Crippen LogP contribution in [0.4, 0.5) is 0 Å². The third kappa shape index (κ3) is 3.14. The van der Waals surface area contributed by atoms with Gasteiger partial charge >= 0.3 is 0 Å². The van der Waals surface area contributed by atoms with E-state index in [0.29, 0.717) is 11.6 Å². The summed E-state index contributed by atoms with van der Waals surface area (Å²) in [7, 11) is 4.04. The number of aromatic nitrogens is 1. The van der Waals surface area contributed by atoms with Gasteiger partial charge in [0.2, 0.25) is 5.91 Å². The first-order chi connectivity index (χ1) is 9.49. The van der Waals surface area contributed by atoms with Gasteiger partial charge in [-0.05, 0) is 39.4 Å². The van der Waals surface area contributed by atoms with Gasteiger partial charge in [-0.25, -0.2) is 0 Å². The van der Waals surface area contributed by atoms with Gasteiger partial charge in [0.05, 0.1) is 11.1 Å². The molecule has 0 aliphatic heterocycles. The third-order valence-corrected chi connectivity index (χ3v) is 3.74. The number of likely N-dealkylation sites (N-methyl/N-ethyl adjacent to an activating group) is 1. The van der Waals surface area contributed by atoms with Crippen molar-refractivity contribution in [3.63, 3.8) is 0 Å². The van der Waals surface area contributed by atoms with Crippen molar-refractivity contribution in [1.29, 1.82) is 0 Å². The van der Waals surface area contributed by atoms with Gasteiger partial charge in [0.25, 0.3) is 5.91 Å². The first kappa shape index (κ1) is 14.5. The molecule has 1 fully saturated rings. The van der Waals surface area contributed by atoms with Crippen LogP contribution in [0.25, 0.3) is 0 Å². The Balaban J connectivity index is 2.08. The Morgan fingerprint density at radius 1 is 1.30 bits per heavy atom. The van der Waals surface area contributed by atoms with Crippen molar-refractivity contribution >= 4 is 11.8 Å². The van der Waals surface area contributed by atoms with Crippen molar-refractivity contribution in [2.24, 2.45) is 5.73 Å². The third-order valence-electron chi connectivity index (χ3n) is 3.74. The van der Waals surface area contributed by atoms with E-state index >= 15 is 0 Å². The van der Waals surface area contributed by atoms with E-state index < -0.39 is 5.91 Å². The molecule has 1 aliphatic carbocycles. The molecule has 0 saturated heterocycles. The van der Waals surface area contributed by atoms with E-state index in [1.165, 1.54) is 18.5 Å². The van der Waals surface area contributed by atoms with E-state index in [2.05, 4.69) is 15.2 Å². The zero-order valence-corrected chi connectivity index (χ0v) is 11.8. The number of hydrogen-bond acceptors (Lipinski definition) is 4. The molecule has 1 aromatic heterocycles. The predicted octanol–water partition coefficient (Wildman–Crippen LogP) is 0.393. The molecule has 2 atom stereocenters. The van der Waals surface area contributed by atoms with Crippen LogP contribution >= 0.6 is 0 Å². The van der Waals surface area contributed by atoms with Crippen molar-refractivity contribution in [3.8, 4) is 0 Å². The van der Waals surface area contributed by atoms with E-state index in [4.69, 9.17) is 5.73 Å². The van der Waals surface area contributed by atoms with Crippen molar-refractivity contribution < 1.29 is 9.59 Å². The molecular formula is C14H20N4O2. The van der Waals surface area contributed by atoms with Crippen LogP contribution in [0.2, 0.25) is 0 Å². The van der Waals surface area contributed by atoms with Crippen LogP contribution in [-0.2, 0) is 0 Å². The summed E-state index contributed by atoms with van der Waals surface area (Å²) in [6.45, 7) is 0. The maximum Gasteiger partial charge on any atom is 0.253 e. The average molecular weight is 276 g/mol. The van der Waals surface area contributed by atoms with Gasteiger partial charge < -0.3 is 16.0 Å². The number of pyridine rings is 1. The van der Waals surface area contributed by atoms with E-state index in [9.17, 15) is 9.59 Å². The standard InChI is InChI=1S/C14H20N4O2/c1-18(2)12-5-3-4-11(12)17-14(20)10-6-9(13(15)19)7-16-8-10/h6-8,11-12H,3-5H2,1-2H3,(H2,15,19)(H,17,20)/t11-,12-/m1/s1. The zero-order valence-electron chi connectivity index (χ0n) is 11.8. The highest BCUT2D eigenvalue weighted by Gasteiger charge is 2.30. The van der Waals surface area contributed by atoms with Gasteiger partial charge in [-0.2, -0.15) is 0 Å². The SMILES string of the molecule is CN(C)[C@@H]1CCC[C@H]1NC(=O)c1cncc(C(N)=O)c1. The Hall–Kier alpha value is -1.95. The van der Waals surface area contributed by atoms with Crippen molar-refractivity contribution in [2.75, 3.05) is 14.1 Å². The van der Waals surface area contributed by atoms with Crippen molar-refractivity contribution in [2.45, 2.75) is 31.3 Å². The topological polar surface area (TPSA) is 88.3 Å². The van der Waals surface area contributed by atoms with Gasteiger partial charge in [0.15, 0.2) is 0 Å². The average Bonchev–Trinajstić information content (AvgIpc) is 2.87. The Labute approximate surface area is 118 Å². The number of amides is 2. The lowest BCUT2D eigenvalue weighted by Crippen LogP contribution is -2.46. The molecule has 0 bridgehead atoms. The number of nitrogens with two attached hydrogens (primary N) is 1. The number of carbonyl (C=O) groups excluding carboxylic acids is 2. The number of rotatable bonds is 4. The Kier molecular flexibility index (Phi) is 4.34. The van der Waals surface area contributed by atoms with Gasteiger partial charge in [-0.1, -0.05) is 0 Å². The summed E-state index contributed by atoms with van der Waals surface area (Å²) < 4.78 is 0. The fourth-order valence-corrected chi connectivity index (χ4v) is 2.68. The summed E-state index contributed by atoms with van der Waals surface area (Å²) in [4.78, 5) is 29.3. The monoisotopic (exact) mass is 276 g/mol. The van der Waals surface area contributed by atoms with Crippen molar-refractivity contribution in [1.82, 2.24) is 15.2 Å². The van der Waals surface area contributed by atoms with Crippen LogP contribution in [-0.4, -0.2) is 47.9 Å². The summed E-state index contributed by atoms with van der Waals surface area (Å²) in [6, 6.07) is 1.96. The first-order valence-corrected chi connectivity index (χ1v) is 6.71. The van der Waals surface area contributed by atoms with Crippen LogP contribution in [0.3, 0.4) is 0 Å². The number of nitrogens with zero attached hydrogens (tertiary/aromatic N) is 2. The molecule has 2 amide bonds. The zero-order chi connectivity index (χ0) is 14.7. The molecule has 0 radical (unpaired) electrons. The molecule has 108 valence electrons. The van der Waals surface area contributed by atoms with Crippen molar-refractivity contribution in [3.05, 3.63) is 29.6 Å². The molecule has 1 saturated carbocycles. The maximum atomic E-state index is 12.2. The lowest BCUT2D eigenvalue weighted by atomic mass is 10.1. The minimum atomic E-state index is -0.584. The second-order valence-electron chi connectivity index (χ2n) is 5.37. The Morgan fingerprint density at radius 3 is 2.65 bits per heavy atom. The van der Waals surface area contributed by atoms with Gasteiger partial charge in [-0.15, -0.1) is 0 Å². The Bertz CT molecular complexity index is 516. The molecule has 1 aromatic rings. The molecule has 20 heavy (non-hydrogen) atoms. The summed E-state index contributed by atoms with van der Waals surface area (Å²) in [5.74, 6) is -0.793. The normalized spacial score (nSPS) is 21.9. The summed E-state index contributed by atoms with van der Waals surface area (Å²) in [5.41, 5.74) is 5.80. The lowest BCUT2D eigenvalue weighted by Gasteiger charge is -2.26. The number of carbonyl (C=O) groups is 2. The van der Waals surface area contributed by atoms with Gasteiger partial charge in [0, 0.05) is 24.5 Å². The molecular weight excluding hydrogens is 256 g/mol. The minimum absolute atomic E-state index is 0.134. The lowest BCUT2D eigenvalue weighted by molar-refractivity contribution is 0.0919. The number of hydrogen-bond donors (Lipinski definition) is 2. The summed E-state index contributed by atoms with van der Waals surface area (Å²) >= 11 is 0. The predicted molar refractivity (Wildman–Crippen MR) is 75.3 cm³/mol. The van der Waals surface area contributed by atoms with E-state index in [1.807, 2.05) is 14.1 Å². The van der Waals surface area contributed by atoms with E-state index in [1.54, 1.807) is 0 Å². The van der Waals surface area contributed by atoms with E-state index in [0.717, 1.165) is 19.3 Å². The molecule has 1 heterocycles. The minimum Gasteiger partial charge on any atom is -0.366 e. The largest absolute Gasteiger partial charge is 0.366 e. The molecule has 0 spiro atoms. The molecule has 6 nitrogen and oxygen atoms in total. The molecule has 3 N–H and O–H groups in total. The second-order valence-corrected chi connectivity index (χ2v) is 5.37. The van der Waals surface area contributed by atoms with Gasteiger partial charge in [0.1, 0.15) is 0 Å². The van der Waals surface area contributed by atoms with Crippen LogP contribution < -0.4 is 11.1 Å². The van der Waals surface area contributed by atoms with Crippen LogP contribution in [0.1, 0.15) is 40.0 Å². The summed E-state index contributed by atoms with van der Waals surface area (Å²) in [5, 5.41) is 3.02. The Morgan fingerprint density at radius 2 is 2.00 bits per heavy atom. The molecule has 0 unspecified atom stereocenters. The number of nitrogens with one attached hydrogen (secondary N) is 1. The molecule has 6 heteroatoms. The highest BCUT2D eigenvalue weighted by Crippen LogP contribution is 2.22. The fraction of sp³-hybridized carbons (Fsp3) is 0.500. The molecule has 2 rings (SSSR count). The smallest absolute Gasteiger partial charge is 0.253 e. The maximum absolute atomic E-state index is 12.2. The highest BCUT2D eigenvalue weighted by atomic mass is 16.2. The van der Waals surface area contributed by atoms with Crippen LogP contribution in [0.5, 0.6) is 0 Å². The fourth-order valence-electron chi connectivity index (χ4n) is 2.68. The molecule has 0 aromatic carbocycles. The molecule has 1 aliphatic rings. The van der Waals surface area contributed by atoms with Crippen LogP contribution in [0.15, 0.2) is 18.5 Å².